The Bertz CT molecular complexity index is 659. The van der Waals surface area contributed by atoms with Crippen LogP contribution in [0.2, 0.25) is 0 Å². The van der Waals surface area contributed by atoms with Gasteiger partial charge in [-0.2, -0.15) is 4.31 Å². The van der Waals surface area contributed by atoms with Gasteiger partial charge >= 0.3 is 11.9 Å². The molecule has 120 valence electrons. The molecule has 0 atom stereocenters. The van der Waals surface area contributed by atoms with Crippen molar-refractivity contribution < 1.29 is 27.9 Å². The zero-order valence-corrected chi connectivity index (χ0v) is 12.9. The average molecular weight is 327 g/mol. The normalized spacial score (nSPS) is 17.1. The third kappa shape index (κ3) is 3.28. The maximum Gasteiger partial charge on any atom is 0.337 e. The van der Waals surface area contributed by atoms with Crippen LogP contribution in [-0.2, 0) is 19.6 Å². The van der Waals surface area contributed by atoms with E-state index in [4.69, 9.17) is 5.11 Å². The van der Waals surface area contributed by atoms with Crippen LogP contribution in [-0.4, -0.2) is 50.0 Å². The molecule has 7 nitrogen and oxygen atoms in total. The molecule has 1 aliphatic rings. The number of rotatable bonds is 4. The van der Waals surface area contributed by atoms with E-state index in [1.165, 1.54) is 35.7 Å². The van der Waals surface area contributed by atoms with Crippen LogP contribution in [0.3, 0.4) is 0 Å². The summed E-state index contributed by atoms with van der Waals surface area (Å²) in [4.78, 5) is 22.3. The first-order valence-corrected chi connectivity index (χ1v) is 8.21. The summed E-state index contributed by atoms with van der Waals surface area (Å²) in [7, 11) is -2.42. The highest BCUT2D eigenvalue weighted by Crippen LogP contribution is 2.24. The van der Waals surface area contributed by atoms with E-state index in [1.54, 1.807) is 0 Å². The van der Waals surface area contributed by atoms with Gasteiger partial charge in [0.05, 0.1) is 23.5 Å². The Morgan fingerprint density at radius 1 is 1.18 bits per heavy atom. The van der Waals surface area contributed by atoms with Gasteiger partial charge in [0.2, 0.25) is 10.0 Å². The molecule has 8 heteroatoms. The van der Waals surface area contributed by atoms with Crippen molar-refractivity contribution in [2.24, 2.45) is 5.92 Å². The van der Waals surface area contributed by atoms with Gasteiger partial charge in [0.15, 0.2) is 0 Å². The molecule has 0 saturated carbocycles. The zero-order chi connectivity index (χ0) is 16.3. The maximum absolute atomic E-state index is 12.5. The number of benzene rings is 1. The van der Waals surface area contributed by atoms with Crippen LogP contribution < -0.4 is 0 Å². The van der Waals surface area contributed by atoms with Crippen LogP contribution in [0.1, 0.15) is 23.2 Å². The number of carbonyl (C=O) groups is 2. The van der Waals surface area contributed by atoms with Gasteiger partial charge in [0.25, 0.3) is 0 Å². The summed E-state index contributed by atoms with van der Waals surface area (Å²) in [6, 6.07) is 5.49. The first-order chi connectivity index (χ1) is 10.4. The number of carbonyl (C=O) groups excluding carboxylic acids is 1. The largest absolute Gasteiger partial charge is 0.481 e. The molecule has 22 heavy (non-hydrogen) atoms. The van der Waals surface area contributed by atoms with Crippen LogP contribution in [0, 0.1) is 5.92 Å². The second kappa shape index (κ2) is 6.45. The second-order valence-electron chi connectivity index (χ2n) is 5.03. The van der Waals surface area contributed by atoms with E-state index in [9.17, 15) is 18.0 Å². The number of nitrogens with zero attached hydrogens (tertiary/aromatic N) is 1. The molecule has 0 aliphatic carbocycles. The fraction of sp³-hybridized carbons (Fsp3) is 0.429. The smallest absolute Gasteiger partial charge is 0.337 e. The Morgan fingerprint density at radius 2 is 1.73 bits per heavy atom. The number of esters is 1. The van der Waals surface area contributed by atoms with Crippen molar-refractivity contribution in [1.82, 2.24) is 4.31 Å². The minimum Gasteiger partial charge on any atom is -0.481 e. The number of hydrogen-bond donors (Lipinski definition) is 1. The minimum absolute atomic E-state index is 0.0777. The van der Waals surface area contributed by atoms with Crippen molar-refractivity contribution >= 4 is 22.0 Å². The molecule has 1 saturated heterocycles. The lowest BCUT2D eigenvalue weighted by molar-refractivity contribution is -0.142. The topological polar surface area (TPSA) is 101 Å². The van der Waals surface area contributed by atoms with E-state index in [0.29, 0.717) is 12.8 Å². The first kappa shape index (κ1) is 16.4. The molecule has 1 aromatic carbocycles. The summed E-state index contributed by atoms with van der Waals surface area (Å²) in [6.07, 6.45) is 0.601. The van der Waals surface area contributed by atoms with Crippen LogP contribution >= 0.6 is 0 Å². The average Bonchev–Trinajstić information content (AvgIpc) is 2.54. The summed E-state index contributed by atoms with van der Waals surface area (Å²) in [5, 5.41) is 8.94. The molecule has 1 heterocycles. The zero-order valence-electron chi connectivity index (χ0n) is 12.1. The van der Waals surface area contributed by atoms with Crippen LogP contribution in [0.5, 0.6) is 0 Å². The number of piperidine rings is 1. The number of methoxy groups -OCH3 is 1. The van der Waals surface area contributed by atoms with E-state index >= 15 is 0 Å². The lowest BCUT2D eigenvalue weighted by atomic mass is 9.99. The third-order valence-electron chi connectivity index (χ3n) is 3.72. The SMILES string of the molecule is COC(=O)c1ccc(S(=O)(=O)N2CCC(C(=O)O)CC2)cc1. The predicted octanol–water partition coefficient (Wildman–Crippen LogP) is 0.958. The Hall–Kier alpha value is -1.93. The number of carboxylic acids is 1. The fourth-order valence-electron chi connectivity index (χ4n) is 2.37. The summed E-state index contributed by atoms with van der Waals surface area (Å²) in [5.41, 5.74) is 0.269. The van der Waals surface area contributed by atoms with Gasteiger partial charge in [0.1, 0.15) is 0 Å². The lowest BCUT2D eigenvalue weighted by Gasteiger charge is -2.29. The van der Waals surface area contributed by atoms with Crippen LogP contribution in [0.4, 0.5) is 0 Å². The molecule has 0 unspecified atom stereocenters. The Morgan fingerprint density at radius 3 is 2.18 bits per heavy atom. The van der Waals surface area contributed by atoms with Crippen molar-refractivity contribution in [3.05, 3.63) is 29.8 Å². The van der Waals surface area contributed by atoms with E-state index in [0.717, 1.165) is 0 Å². The molecule has 0 spiro atoms. The molecule has 1 aromatic rings. The van der Waals surface area contributed by atoms with E-state index in [-0.39, 0.29) is 23.5 Å². The summed E-state index contributed by atoms with van der Waals surface area (Å²) < 4.78 is 30.8. The van der Waals surface area contributed by atoms with Gasteiger partial charge in [-0.3, -0.25) is 4.79 Å². The molecule has 1 N–H and O–H groups in total. The quantitative estimate of drug-likeness (QED) is 0.827. The van der Waals surface area contributed by atoms with Gasteiger partial charge in [0, 0.05) is 13.1 Å². The van der Waals surface area contributed by atoms with E-state index < -0.39 is 27.9 Å². The predicted molar refractivity (Wildman–Crippen MR) is 76.9 cm³/mol. The monoisotopic (exact) mass is 327 g/mol. The van der Waals surface area contributed by atoms with Crippen molar-refractivity contribution in [3.8, 4) is 0 Å². The molecule has 1 fully saturated rings. The molecular weight excluding hydrogens is 310 g/mol. The highest BCUT2D eigenvalue weighted by atomic mass is 32.2. The second-order valence-corrected chi connectivity index (χ2v) is 6.97. The van der Waals surface area contributed by atoms with Crippen molar-refractivity contribution in [2.45, 2.75) is 17.7 Å². The molecule has 2 rings (SSSR count). The first-order valence-electron chi connectivity index (χ1n) is 6.77. The molecule has 0 bridgehead atoms. The Kier molecular flexibility index (Phi) is 4.82. The Labute approximate surface area is 128 Å². The molecule has 1 aliphatic heterocycles. The van der Waals surface area contributed by atoms with Crippen molar-refractivity contribution in [1.29, 1.82) is 0 Å². The highest BCUT2D eigenvalue weighted by molar-refractivity contribution is 7.89. The molecular formula is C14H17NO6S. The molecule has 0 amide bonds. The standard InChI is InChI=1S/C14H17NO6S/c1-21-14(18)11-2-4-12(5-3-11)22(19,20)15-8-6-10(7-9-15)13(16)17/h2-5,10H,6-9H2,1H3,(H,16,17). The number of hydrogen-bond acceptors (Lipinski definition) is 5. The molecule has 0 radical (unpaired) electrons. The maximum atomic E-state index is 12.5. The number of aliphatic carboxylic acids is 1. The number of carboxylic acid groups (broad SMARTS) is 1. The number of ether oxygens (including phenoxy) is 1. The lowest BCUT2D eigenvalue weighted by Crippen LogP contribution is -2.40. The van der Waals surface area contributed by atoms with Gasteiger partial charge in [-0.05, 0) is 37.1 Å². The van der Waals surface area contributed by atoms with E-state index in [1.807, 2.05) is 0 Å². The fourth-order valence-corrected chi connectivity index (χ4v) is 3.84. The van der Waals surface area contributed by atoms with E-state index in [2.05, 4.69) is 4.74 Å². The van der Waals surface area contributed by atoms with Crippen molar-refractivity contribution in [2.75, 3.05) is 20.2 Å². The third-order valence-corrected chi connectivity index (χ3v) is 5.63. The van der Waals surface area contributed by atoms with Crippen LogP contribution in [0.25, 0.3) is 0 Å². The summed E-state index contributed by atoms with van der Waals surface area (Å²) >= 11 is 0. The van der Waals surface area contributed by atoms with Gasteiger partial charge in [-0.1, -0.05) is 0 Å². The van der Waals surface area contributed by atoms with Gasteiger partial charge in [-0.15, -0.1) is 0 Å². The number of sulfonamides is 1. The minimum atomic E-state index is -3.67. The summed E-state index contributed by atoms with van der Waals surface area (Å²) in [5.74, 6) is -1.92. The highest BCUT2D eigenvalue weighted by Gasteiger charge is 2.31. The van der Waals surface area contributed by atoms with Gasteiger partial charge in [-0.25, -0.2) is 13.2 Å². The molecule has 0 aromatic heterocycles. The van der Waals surface area contributed by atoms with Gasteiger partial charge < -0.3 is 9.84 Å². The van der Waals surface area contributed by atoms with Crippen molar-refractivity contribution in [3.63, 3.8) is 0 Å². The summed E-state index contributed by atoms with van der Waals surface area (Å²) in [6.45, 7) is 0.357. The Balaban J connectivity index is 2.14. The van der Waals surface area contributed by atoms with Crippen LogP contribution in [0.15, 0.2) is 29.2 Å².